The van der Waals surface area contributed by atoms with E-state index in [9.17, 15) is 14.7 Å². The predicted molar refractivity (Wildman–Crippen MR) is 139 cm³/mol. The maximum atomic E-state index is 12.8. The molecule has 0 aromatic heterocycles. The number of carbonyl (C=O) groups is 2. The number of nitrogens with zero attached hydrogens (tertiary/aromatic N) is 2. The highest BCUT2D eigenvalue weighted by Crippen LogP contribution is 2.41. The zero-order valence-electron chi connectivity index (χ0n) is 18.7. The van der Waals surface area contributed by atoms with Crippen molar-refractivity contribution in [3.8, 4) is 0 Å². The minimum Gasteiger partial charge on any atom is -0.481 e. The lowest BCUT2D eigenvalue weighted by atomic mass is 9.97. The van der Waals surface area contributed by atoms with Gasteiger partial charge in [0, 0.05) is 52.8 Å². The van der Waals surface area contributed by atoms with Gasteiger partial charge in [0.1, 0.15) is 0 Å². The van der Waals surface area contributed by atoms with Crippen LogP contribution in [0.15, 0.2) is 64.9 Å². The van der Waals surface area contributed by atoms with E-state index >= 15 is 0 Å². The summed E-state index contributed by atoms with van der Waals surface area (Å²) in [6.07, 6.45) is 6.17. The Morgan fingerprint density at radius 1 is 1.03 bits per heavy atom. The highest BCUT2D eigenvalue weighted by atomic mass is 35.5. The maximum absolute atomic E-state index is 12.8. The van der Waals surface area contributed by atoms with Crippen molar-refractivity contribution in [2.75, 3.05) is 31.1 Å². The van der Waals surface area contributed by atoms with Gasteiger partial charge in [-0.05, 0) is 43.5 Å². The first-order chi connectivity index (χ1) is 16.3. The molecule has 1 N–H and O–H groups in total. The van der Waals surface area contributed by atoms with Crippen LogP contribution in [0.3, 0.4) is 0 Å². The topological polar surface area (TPSA) is 60.9 Å². The minimum absolute atomic E-state index is 0.137. The van der Waals surface area contributed by atoms with E-state index in [1.54, 1.807) is 11.0 Å². The van der Waals surface area contributed by atoms with Gasteiger partial charge in [-0.15, -0.1) is 0 Å². The quantitative estimate of drug-likeness (QED) is 0.363. The number of halogens is 2. The molecule has 178 valence electrons. The summed E-state index contributed by atoms with van der Waals surface area (Å²) in [5.74, 6) is -1.11. The summed E-state index contributed by atoms with van der Waals surface area (Å²) in [6.45, 7) is 6.66. The fourth-order valence-corrected chi connectivity index (χ4v) is 5.75. The first-order valence-corrected chi connectivity index (χ1v) is 12.8. The minimum atomic E-state index is -0.712. The third kappa shape index (κ3) is 5.45. The van der Waals surface area contributed by atoms with Crippen molar-refractivity contribution in [1.82, 2.24) is 4.90 Å². The standard InChI is InChI=1S/C26H26Cl2N2O3S/c1-17(25(31)30-12-3-2-4-13-30)21-8-9-22(24(28)23(21)27)34-20-7-5-6-19(16-20)29-14-10-18(11-15-29)26(32)33/h2-3,5-9,16,18H,1,4,10-15H2,(H,32,33). The Kier molecular flexibility index (Phi) is 7.91. The number of anilines is 1. The molecule has 2 aliphatic rings. The van der Waals surface area contributed by atoms with Crippen molar-refractivity contribution in [2.45, 2.75) is 29.1 Å². The van der Waals surface area contributed by atoms with E-state index in [0.29, 0.717) is 47.1 Å². The van der Waals surface area contributed by atoms with Crippen LogP contribution < -0.4 is 4.90 Å². The number of carboxylic acids is 1. The fourth-order valence-electron chi connectivity index (χ4n) is 4.23. The maximum Gasteiger partial charge on any atom is 0.306 e. The molecule has 4 rings (SSSR count). The highest BCUT2D eigenvalue weighted by Gasteiger charge is 2.25. The van der Waals surface area contributed by atoms with Gasteiger partial charge >= 0.3 is 5.97 Å². The van der Waals surface area contributed by atoms with Gasteiger partial charge in [0.05, 0.1) is 16.0 Å². The summed E-state index contributed by atoms with van der Waals surface area (Å²) in [5.41, 5.74) is 1.94. The van der Waals surface area contributed by atoms with Crippen molar-refractivity contribution in [2.24, 2.45) is 5.92 Å². The number of rotatable bonds is 6. The lowest BCUT2D eigenvalue weighted by Gasteiger charge is -2.32. The molecule has 2 aromatic rings. The van der Waals surface area contributed by atoms with E-state index < -0.39 is 5.97 Å². The average molecular weight is 517 g/mol. The van der Waals surface area contributed by atoms with Crippen molar-refractivity contribution in [3.05, 3.63) is 70.7 Å². The van der Waals surface area contributed by atoms with E-state index in [2.05, 4.69) is 23.6 Å². The summed E-state index contributed by atoms with van der Waals surface area (Å²) in [7, 11) is 0. The van der Waals surface area contributed by atoms with Gasteiger partial charge in [-0.3, -0.25) is 9.59 Å². The van der Waals surface area contributed by atoms with Crippen LogP contribution in [0.1, 0.15) is 24.8 Å². The van der Waals surface area contributed by atoms with Crippen molar-refractivity contribution < 1.29 is 14.7 Å². The second kappa shape index (κ2) is 10.9. The van der Waals surface area contributed by atoms with Gasteiger partial charge < -0.3 is 14.9 Å². The van der Waals surface area contributed by atoms with Crippen molar-refractivity contribution >= 4 is 58.1 Å². The molecule has 0 spiro atoms. The molecule has 1 fully saturated rings. The van der Waals surface area contributed by atoms with Gasteiger partial charge in [-0.2, -0.15) is 0 Å². The number of piperidine rings is 1. The Hall–Kier alpha value is -2.41. The van der Waals surface area contributed by atoms with E-state index in [1.807, 2.05) is 30.3 Å². The molecule has 5 nitrogen and oxygen atoms in total. The van der Waals surface area contributed by atoms with E-state index in [4.69, 9.17) is 23.2 Å². The van der Waals surface area contributed by atoms with Crippen LogP contribution in [0.5, 0.6) is 0 Å². The van der Waals surface area contributed by atoms with Gasteiger partial charge in [-0.25, -0.2) is 0 Å². The SMILES string of the molecule is C=C(C(=O)N1CC=CCC1)c1ccc(Sc2cccc(N3CCC(C(=O)O)CC3)c2)c(Cl)c1Cl. The second-order valence-electron chi connectivity index (χ2n) is 8.43. The molecule has 0 radical (unpaired) electrons. The molecule has 0 saturated carbocycles. The number of benzene rings is 2. The first-order valence-electron chi connectivity index (χ1n) is 11.2. The van der Waals surface area contributed by atoms with Crippen LogP contribution in [0.25, 0.3) is 5.57 Å². The van der Waals surface area contributed by atoms with E-state index in [0.717, 1.165) is 35.0 Å². The third-order valence-electron chi connectivity index (χ3n) is 6.23. The Labute approximate surface area is 214 Å². The van der Waals surface area contributed by atoms with E-state index in [-0.39, 0.29) is 11.8 Å². The second-order valence-corrected chi connectivity index (χ2v) is 10.3. The molecular weight excluding hydrogens is 491 g/mol. The average Bonchev–Trinajstić information content (AvgIpc) is 2.87. The van der Waals surface area contributed by atoms with Crippen LogP contribution in [0.2, 0.25) is 10.0 Å². The molecule has 0 bridgehead atoms. The number of carboxylic acid groups (broad SMARTS) is 1. The number of amides is 1. The van der Waals surface area contributed by atoms with Gasteiger partial charge in [0.2, 0.25) is 0 Å². The summed E-state index contributed by atoms with van der Waals surface area (Å²) < 4.78 is 0. The number of hydrogen-bond acceptors (Lipinski definition) is 4. The summed E-state index contributed by atoms with van der Waals surface area (Å²) in [4.78, 5) is 29.8. The summed E-state index contributed by atoms with van der Waals surface area (Å²) in [6, 6.07) is 11.8. The Morgan fingerprint density at radius 2 is 1.79 bits per heavy atom. The largest absolute Gasteiger partial charge is 0.481 e. The van der Waals surface area contributed by atoms with Crippen LogP contribution in [0, 0.1) is 5.92 Å². The molecule has 2 aromatic carbocycles. The fraction of sp³-hybridized carbons (Fsp3) is 0.308. The van der Waals surface area contributed by atoms with Crippen LogP contribution >= 0.6 is 35.0 Å². The lowest BCUT2D eigenvalue weighted by Crippen LogP contribution is -2.36. The monoisotopic (exact) mass is 516 g/mol. The van der Waals surface area contributed by atoms with Crippen molar-refractivity contribution in [1.29, 1.82) is 0 Å². The van der Waals surface area contributed by atoms with Crippen molar-refractivity contribution in [3.63, 3.8) is 0 Å². The molecule has 0 aliphatic carbocycles. The lowest BCUT2D eigenvalue weighted by molar-refractivity contribution is -0.142. The summed E-state index contributed by atoms with van der Waals surface area (Å²) in [5, 5.41) is 9.94. The number of carbonyl (C=O) groups excluding carboxylic acids is 1. The van der Waals surface area contributed by atoms with E-state index in [1.165, 1.54) is 11.8 Å². The summed E-state index contributed by atoms with van der Waals surface area (Å²) >= 11 is 14.7. The number of hydrogen-bond donors (Lipinski definition) is 1. The smallest absolute Gasteiger partial charge is 0.306 e. The van der Waals surface area contributed by atoms with Crippen LogP contribution in [0.4, 0.5) is 5.69 Å². The van der Waals surface area contributed by atoms with Gasteiger partial charge in [0.15, 0.2) is 0 Å². The first kappa shape index (κ1) is 24.7. The van der Waals surface area contributed by atoms with Gasteiger partial charge in [0.25, 0.3) is 5.91 Å². The molecule has 1 amide bonds. The molecule has 34 heavy (non-hydrogen) atoms. The zero-order chi connectivity index (χ0) is 24.2. The molecule has 2 heterocycles. The molecule has 0 atom stereocenters. The van der Waals surface area contributed by atoms with Gasteiger partial charge in [-0.1, -0.05) is 65.8 Å². The number of aliphatic carboxylic acids is 1. The van der Waals surface area contributed by atoms with Crippen LogP contribution in [-0.4, -0.2) is 48.1 Å². The Balaban J connectivity index is 1.47. The van der Waals surface area contributed by atoms with Crippen LogP contribution in [-0.2, 0) is 9.59 Å². The Bertz CT molecular complexity index is 1140. The third-order valence-corrected chi connectivity index (χ3v) is 8.27. The molecule has 1 saturated heterocycles. The molecule has 0 unspecified atom stereocenters. The Morgan fingerprint density at radius 3 is 2.47 bits per heavy atom. The normalized spacial score (nSPS) is 16.5. The predicted octanol–water partition coefficient (Wildman–Crippen LogP) is 6.25. The molecule has 2 aliphatic heterocycles. The highest BCUT2D eigenvalue weighted by molar-refractivity contribution is 7.99. The zero-order valence-corrected chi connectivity index (χ0v) is 21.0. The molecular formula is C26H26Cl2N2O3S. The molecule has 8 heteroatoms.